The summed E-state index contributed by atoms with van der Waals surface area (Å²) in [5, 5.41) is 43.7. The van der Waals surface area contributed by atoms with Crippen LogP contribution >= 0.6 is 21.6 Å². The number of unbranched alkanes of at least 4 members (excludes halogenated alkanes) is 14. The van der Waals surface area contributed by atoms with Gasteiger partial charge < -0.3 is 31.1 Å². The van der Waals surface area contributed by atoms with Gasteiger partial charge in [0.15, 0.2) is 0 Å². The third-order valence-electron chi connectivity index (χ3n) is 7.35. The number of nitrogens with one attached hydrogen (secondary N) is 2. The van der Waals surface area contributed by atoms with Crippen LogP contribution in [0.15, 0.2) is 36.4 Å². The van der Waals surface area contributed by atoms with Gasteiger partial charge in [-0.05, 0) is 49.9 Å². The molecule has 0 unspecified atom stereocenters. The Balaban J connectivity index is 1.26. The fourth-order valence-corrected chi connectivity index (χ4v) is 7.10. The van der Waals surface area contributed by atoms with Gasteiger partial charge in [-0.15, -0.1) is 0 Å². The van der Waals surface area contributed by atoms with Crippen LogP contribution in [0, 0.1) is 0 Å². The molecule has 0 bridgehead atoms. The molecular formula is C34H52N2O6S2. The fraction of sp³-hybridized carbons (Fsp3) is 0.588. The first-order valence-electron chi connectivity index (χ1n) is 16.2. The molecule has 0 aliphatic rings. The Morgan fingerprint density at radius 3 is 1.16 bits per heavy atom. The smallest absolute Gasteiger partial charge is 0.224 e. The number of hydrogen-bond donors (Lipinski definition) is 6. The molecule has 0 fully saturated rings. The van der Waals surface area contributed by atoms with Gasteiger partial charge in [0.2, 0.25) is 11.8 Å². The summed E-state index contributed by atoms with van der Waals surface area (Å²) in [5.41, 5.74) is 0.500. The number of rotatable bonds is 25. The second-order valence-electron chi connectivity index (χ2n) is 11.3. The fourth-order valence-electron chi connectivity index (χ4n) is 4.81. The van der Waals surface area contributed by atoms with E-state index in [2.05, 4.69) is 10.6 Å². The van der Waals surface area contributed by atoms with Crippen molar-refractivity contribution in [2.45, 2.75) is 116 Å². The Labute approximate surface area is 271 Å². The zero-order valence-corrected chi connectivity index (χ0v) is 27.7. The van der Waals surface area contributed by atoms with Gasteiger partial charge in [0, 0.05) is 36.5 Å². The number of amides is 2. The summed E-state index contributed by atoms with van der Waals surface area (Å²) in [7, 11) is 4.01. The van der Waals surface area contributed by atoms with Gasteiger partial charge in [-0.1, -0.05) is 98.6 Å². The van der Waals surface area contributed by atoms with Crippen molar-refractivity contribution in [3.8, 4) is 23.0 Å². The first kappa shape index (κ1) is 37.5. The van der Waals surface area contributed by atoms with Gasteiger partial charge in [0.05, 0.1) is 11.4 Å². The molecule has 0 aromatic heterocycles. The van der Waals surface area contributed by atoms with E-state index in [1.54, 1.807) is 0 Å². The van der Waals surface area contributed by atoms with Gasteiger partial charge in [-0.25, -0.2) is 0 Å². The summed E-state index contributed by atoms with van der Waals surface area (Å²) in [4.78, 5) is 24.0. The highest BCUT2D eigenvalue weighted by atomic mass is 33.1. The summed E-state index contributed by atoms with van der Waals surface area (Å²) in [6.45, 7) is 0. The van der Waals surface area contributed by atoms with E-state index >= 15 is 0 Å². The molecule has 0 heterocycles. The summed E-state index contributed by atoms with van der Waals surface area (Å²) in [5.74, 6) is 2.11. The van der Waals surface area contributed by atoms with E-state index in [0.29, 0.717) is 12.8 Å². The van der Waals surface area contributed by atoms with Crippen LogP contribution < -0.4 is 10.6 Å². The Morgan fingerprint density at radius 2 is 0.795 bits per heavy atom. The number of aromatic hydroxyl groups is 4. The molecule has 0 saturated carbocycles. The van der Waals surface area contributed by atoms with Crippen molar-refractivity contribution in [3.63, 3.8) is 0 Å². The van der Waals surface area contributed by atoms with Crippen molar-refractivity contribution >= 4 is 44.8 Å². The highest BCUT2D eigenvalue weighted by molar-refractivity contribution is 8.76. The number of phenolic OH excluding ortho intramolecular Hbond substituents is 4. The molecule has 44 heavy (non-hydrogen) atoms. The maximum absolute atomic E-state index is 12.0. The molecule has 0 spiro atoms. The molecule has 8 nitrogen and oxygen atoms in total. The molecule has 0 radical (unpaired) electrons. The largest absolute Gasteiger partial charge is 0.508 e. The number of carbonyl (C=O) groups excluding carboxylic acids is 2. The molecule has 0 aliphatic carbocycles. The first-order chi connectivity index (χ1) is 21.3. The lowest BCUT2D eigenvalue weighted by molar-refractivity contribution is -0.117. The minimum Gasteiger partial charge on any atom is -0.508 e. The molecule has 0 aliphatic heterocycles. The monoisotopic (exact) mass is 648 g/mol. The van der Waals surface area contributed by atoms with Crippen LogP contribution in [0.25, 0.3) is 0 Å². The summed E-state index contributed by atoms with van der Waals surface area (Å²) in [6, 6.07) is 8.19. The topological polar surface area (TPSA) is 139 Å². The highest BCUT2D eigenvalue weighted by Gasteiger charge is 2.08. The number of benzene rings is 2. The number of anilines is 2. The number of hydrogen-bond acceptors (Lipinski definition) is 8. The third kappa shape index (κ3) is 18.2. The predicted octanol–water partition coefficient (Wildman–Crippen LogP) is 9.49. The summed E-state index contributed by atoms with van der Waals surface area (Å²) in [6.07, 6.45) is 19.5. The van der Waals surface area contributed by atoms with E-state index in [1.807, 2.05) is 21.6 Å². The molecule has 10 heteroatoms. The van der Waals surface area contributed by atoms with E-state index in [4.69, 9.17) is 0 Å². The Morgan fingerprint density at radius 1 is 0.477 bits per heavy atom. The average molecular weight is 649 g/mol. The molecule has 0 saturated heterocycles. The zero-order valence-electron chi connectivity index (χ0n) is 26.0. The molecule has 2 aromatic carbocycles. The predicted molar refractivity (Wildman–Crippen MR) is 185 cm³/mol. The molecule has 2 aromatic rings. The lowest BCUT2D eigenvalue weighted by Gasteiger charge is -2.08. The highest BCUT2D eigenvalue weighted by Crippen LogP contribution is 2.29. The van der Waals surface area contributed by atoms with E-state index in [1.165, 1.54) is 112 Å². The van der Waals surface area contributed by atoms with E-state index < -0.39 is 0 Å². The van der Waals surface area contributed by atoms with Gasteiger partial charge in [0.1, 0.15) is 23.0 Å². The van der Waals surface area contributed by atoms with E-state index in [0.717, 1.165) is 38.5 Å². The maximum atomic E-state index is 12.0. The first-order valence-corrected chi connectivity index (χ1v) is 18.7. The Hall–Kier alpha value is -2.72. The van der Waals surface area contributed by atoms with Crippen LogP contribution in [0.5, 0.6) is 23.0 Å². The van der Waals surface area contributed by atoms with Crippen LogP contribution in [0.2, 0.25) is 0 Å². The van der Waals surface area contributed by atoms with Gasteiger partial charge >= 0.3 is 0 Å². The van der Waals surface area contributed by atoms with E-state index in [-0.39, 0.29) is 46.2 Å². The van der Waals surface area contributed by atoms with E-state index in [9.17, 15) is 30.0 Å². The molecular weight excluding hydrogens is 597 g/mol. The maximum Gasteiger partial charge on any atom is 0.224 e. The molecule has 2 amide bonds. The number of phenols is 4. The van der Waals surface area contributed by atoms with Crippen LogP contribution in [0.3, 0.4) is 0 Å². The second kappa shape index (κ2) is 23.6. The van der Waals surface area contributed by atoms with Crippen molar-refractivity contribution in [1.82, 2.24) is 0 Å². The molecule has 6 N–H and O–H groups in total. The third-order valence-corrected chi connectivity index (χ3v) is 9.93. The molecule has 2 rings (SSSR count). The second-order valence-corrected chi connectivity index (χ2v) is 14.0. The summed E-state index contributed by atoms with van der Waals surface area (Å²) < 4.78 is 0. The van der Waals surface area contributed by atoms with Crippen molar-refractivity contribution in [2.75, 3.05) is 22.1 Å². The van der Waals surface area contributed by atoms with Crippen LogP contribution in [0.1, 0.15) is 116 Å². The zero-order chi connectivity index (χ0) is 31.8. The van der Waals surface area contributed by atoms with Crippen molar-refractivity contribution in [2.24, 2.45) is 0 Å². The van der Waals surface area contributed by atoms with Gasteiger partial charge in [-0.2, -0.15) is 0 Å². The quantitative estimate of drug-likeness (QED) is 0.0271. The SMILES string of the molecule is O=C(CCCCCCCCCCSSCCCCCCCCCCC(=O)Nc1cc(O)ccc1O)Nc1cc(O)ccc1O. The minimum atomic E-state index is -0.138. The van der Waals surface area contributed by atoms with Gasteiger partial charge in [-0.3, -0.25) is 9.59 Å². The number of carbonyl (C=O) groups is 2. The lowest BCUT2D eigenvalue weighted by atomic mass is 10.1. The van der Waals surface area contributed by atoms with Crippen molar-refractivity contribution in [1.29, 1.82) is 0 Å². The minimum absolute atomic E-state index is 0.0112. The lowest BCUT2D eigenvalue weighted by Crippen LogP contribution is -2.11. The standard InChI is InChI=1S/C34H52N2O6S2/c37-27-19-21-31(39)29(25-27)35-33(41)17-13-9-5-1-3-7-11-15-23-43-44-24-16-12-8-4-2-6-10-14-18-34(42)36-30-26-28(38)20-22-32(30)40/h19-22,25-26,37-40H,1-18,23-24H2,(H,35,41)(H,36,42). The summed E-state index contributed by atoms with van der Waals surface area (Å²) >= 11 is 0. The van der Waals surface area contributed by atoms with Crippen LogP contribution in [-0.2, 0) is 9.59 Å². The Kier molecular flexibility index (Phi) is 20.1. The van der Waals surface area contributed by atoms with Crippen LogP contribution in [0.4, 0.5) is 11.4 Å². The van der Waals surface area contributed by atoms with Gasteiger partial charge in [0.25, 0.3) is 0 Å². The van der Waals surface area contributed by atoms with Crippen molar-refractivity contribution < 1.29 is 30.0 Å². The molecule has 0 atom stereocenters. The van der Waals surface area contributed by atoms with Crippen LogP contribution in [-0.4, -0.2) is 43.7 Å². The average Bonchev–Trinajstić information content (AvgIpc) is 2.99. The normalized spacial score (nSPS) is 11.0. The Bertz CT molecular complexity index is 1020. The molecule has 246 valence electrons. The van der Waals surface area contributed by atoms with Crippen molar-refractivity contribution in [3.05, 3.63) is 36.4 Å².